The second kappa shape index (κ2) is 5.41. The average molecular weight is 215 g/mol. The summed E-state index contributed by atoms with van der Waals surface area (Å²) in [4.78, 5) is 11.0. The molecule has 82 valence electrons. The molecule has 0 heterocycles. The summed E-state index contributed by atoms with van der Waals surface area (Å²) in [7, 11) is 1.40. The molecule has 0 fully saturated rings. The number of alkyl halides is 2. The quantitative estimate of drug-likeness (QED) is 0.836. The summed E-state index contributed by atoms with van der Waals surface area (Å²) in [5.74, 6) is -0.317. The number of hydrogen-bond donors (Lipinski definition) is 1. The number of methoxy groups -OCH3 is 1. The SMILES string of the molecule is COCC(=O)Nc1ccc(C(F)F)cc1. The van der Waals surface area contributed by atoms with Gasteiger partial charge in [0.1, 0.15) is 6.61 Å². The molecule has 0 bridgehead atoms. The number of halogens is 2. The van der Waals surface area contributed by atoms with E-state index in [2.05, 4.69) is 10.1 Å². The number of carbonyl (C=O) groups excluding carboxylic acids is 1. The van der Waals surface area contributed by atoms with Gasteiger partial charge in [0.25, 0.3) is 6.43 Å². The highest BCUT2D eigenvalue weighted by Crippen LogP contribution is 2.20. The highest BCUT2D eigenvalue weighted by molar-refractivity contribution is 5.91. The zero-order valence-corrected chi connectivity index (χ0v) is 8.17. The number of rotatable bonds is 4. The summed E-state index contributed by atoms with van der Waals surface area (Å²) >= 11 is 0. The van der Waals surface area contributed by atoms with E-state index in [1.807, 2.05) is 0 Å². The van der Waals surface area contributed by atoms with E-state index in [4.69, 9.17) is 0 Å². The number of carbonyl (C=O) groups is 1. The Labute approximate surface area is 86.0 Å². The van der Waals surface area contributed by atoms with Crippen LogP contribution in [-0.4, -0.2) is 19.6 Å². The lowest BCUT2D eigenvalue weighted by Crippen LogP contribution is -2.16. The van der Waals surface area contributed by atoms with Crippen LogP contribution in [0.15, 0.2) is 24.3 Å². The van der Waals surface area contributed by atoms with Crippen LogP contribution in [0, 0.1) is 0 Å². The molecular weight excluding hydrogens is 204 g/mol. The van der Waals surface area contributed by atoms with Crippen molar-refractivity contribution in [2.45, 2.75) is 6.43 Å². The van der Waals surface area contributed by atoms with Gasteiger partial charge in [-0.2, -0.15) is 0 Å². The molecule has 0 aliphatic carbocycles. The summed E-state index contributed by atoms with van der Waals surface area (Å²) in [6, 6.07) is 5.39. The van der Waals surface area contributed by atoms with E-state index < -0.39 is 6.43 Å². The first-order valence-electron chi connectivity index (χ1n) is 4.30. The Hall–Kier alpha value is -1.49. The average Bonchev–Trinajstić information content (AvgIpc) is 2.18. The zero-order chi connectivity index (χ0) is 11.3. The molecule has 1 amide bonds. The van der Waals surface area contributed by atoms with Crippen molar-refractivity contribution in [3.8, 4) is 0 Å². The minimum atomic E-state index is -2.49. The van der Waals surface area contributed by atoms with Crippen molar-refractivity contribution in [1.29, 1.82) is 0 Å². The first-order valence-corrected chi connectivity index (χ1v) is 4.30. The Bertz CT molecular complexity index is 325. The number of nitrogens with one attached hydrogen (secondary N) is 1. The van der Waals surface area contributed by atoms with E-state index in [9.17, 15) is 13.6 Å². The minimum absolute atomic E-state index is 0.0589. The molecule has 0 aromatic heterocycles. The van der Waals surface area contributed by atoms with E-state index in [1.54, 1.807) is 0 Å². The Morgan fingerprint density at radius 3 is 2.47 bits per heavy atom. The highest BCUT2D eigenvalue weighted by Gasteiger charge is 2.06. The summed E-state index contributed by atoms with van der Waals surface area (Å²) in [5, 5.41) is 2.50. The maximum absolute atomic E-state index is 12.2. The van der Waals surface area contributed by atoms with E-state index >= 15 is 0 Å². The van der Waals surface area contributed by atoms with Gasteiger partial charge in [-0.3, -0.25) is 4.79 Å². The maximum atomic E-state index is 12.2. The number of amides is 1. The van der Waals surface area contributed by atoms with Crippen molar-refractivity contribution in [2.75, 3.05) is 19.0 Å². The van der Waals surface area contributed by atoms with E-state index in [0.717, 1.165) is 0 Å². The molecule has 0 spiro atoms. The third kappa shape index (κ3) is 3.63. The van der Waals surface area contributed by atoms with E-state index in [0.29, 0.717) is 5.69 Å². The predicted octanol–water partition coefficient (Wildman–Crippen LogP) is 2.21. The van der Waals surface area contributed by atoms with Crippen LogP contribution in [0.2, 0.25) is 0 Å². The van der Waals surface area contributed by atoms with Gasteiger partial charge < -0.3 is 10.1 Å². The summed E-state index contributed by atoms with van der Waals surface area (Å²) in [6.45, 7) is -0.0589. The van der Waals surface area contributed by atoms with Crippen LogP contribution >= 0.6 is 0 Å². The van der Waals surface area contributed by atoms with Gasteiger partial charge in [-0.05, 0) is 12.1 Å². The van der Waals surface area contributed by atoms with Crippen molar-refractivity contribution < 1.29 is 18.3 Å². The van der Waals surface area contributed by atoms with Gasteiger partial charge in [-0.25, -0.2) is 8.78 Å². The smallest absolute Gasteiger partial charge is 0.263 e. The van der Waals surface area contributed by atoms with Gasteiger partial charge in [0.05, 0.1) is 0 Å². The second-order valence-corrected chi connectivity index (χ2v) is 2.90. The largest absolute Gasteiger partial charge is 0.375 e. The van der Waals surface area contributed by atoms with E-state index in [-0.39, 0.29) is 18.1 Å². The first-order chi connectivity index (χ1) is 7.13. The molecule has 0 saturated carbocycles. The first kappa shape index (κ1) is 11.6. The van der Waals surface area contributed by atoms with Gasteiger partial charge >= 0.3 is 0 Å². The molecule has 0 saturated heterocycles. The maximum Gasteiger partial charge on any atom is 0.263 e. The normalized spacial score (nSPS) is 10.4. The predicted molar refractivity (Wildman–Crippen MR) is 51.9 cm³/mol. The number of benzene rings is 1. The Morgan fingerprint density at radius 1 is 1.40 bits per heavy atom. The molecule has 0 aliphatic heterocycles. The monoisotopic (exact) mass is 215 g/mol. The fourth-order valence-electron chi connectivity index (χ4n) is 1.04. The molecule has 1 rings (SSSR count). The molecule has 0 radical (unpaired) electrons. The molecule has 1 N–H and O–H groups in total. The van der Waals surface area contributed by atoms with Crippen molar-refractivity contribution >= 4 is 11.6 Å². The van der Waals surface area contributed by atoms with Crippen LogP contribution in [-0.2, 0) is 9.53 Å². The molecule has 0 unspecified atom stereocenters. The standard InChI is InChI=1S/C10H11F2NO2/c1-15-6-9(14)13-8-4-2-7(3-5-8)10(11)12/h2-5,10H,6H2,1H3,(H,13,14). The van der Waals surface area contributed by atoms with Gasteiger partial charge in [0.15, 0.2) is 0 Å². The topological polar surface area (TPSA) is 38.3 Å². The third-order valence-corrected chi connectivity index (χ3v) is 1.72. The molecule has 5 heteroatoms. The Balaban J connectivity index is 2.60. The second-order valence-electron chi connectivity index (χ2n) is 2.90. The van der Waals surface area contributed by atoms with Crippen molar-refractivity contribution in [3.63, 3.8) is 0 Å². The van der Waals surface area contributed by atoms with Crippen molar-refractivity contribution in [3.05, 3.63) is 29.8 Å². The Kier molecular flexibility index (Phi) is 4.17. The van der Waals surface area contributed by atoms with Crippen molar-refractivity contribution in [1.82, 2.24) is 0 Å². The van der Waals surface area contributed by atoms with Gasteiger partial charge in [0.2, 0.25) is 5.91 Å². The summed E-state index contributed by atoms with van der Waals surface area (Å²) in [6.07, 6.45) is -2.49. The van der Waals surface area contributed by atoms with Crippen LogP contribution in [0.5, 0.6) is 0 Å². The molecule has 0 aliphatic rings. The summed E-state index contributed by atoms with van der Waals surface area (Å²) < 4.78 is 29.0. The fourth-order valence-corrected chi connectivity index (χ4v) is 1.04. The number of ether oxygens (including phenoxy) is 1. The molecule has 3 nitrogen and oxygen atoms in total. The lowest BCUT2D eigenvalue weighted by molar-refractivity contribution is -0.119. The molecular formula is C10H11F2NO2. The number of anilines is 1. The fraction of sp³-hybridized carbons (Fsp3) is 0.300. The van der Waals surface area contributed by atoms with Crippen molar-refractivity contribution in [2.24, 2.45) is 0 Å². The minimum Gasteiger partial charge on any atom is -0.375 e. The van der Waals surface area contributed by atoms with Gasteiger partial charge in [-0.15, -0.1) is 0 Å². The van der Waals surface area contributed by atoms with Gasteiger partial charge in [-0.1, -0.05) is 12.1 Å². The number of hydrogen-bond acceptors (Lipinski definition) is 2. The lowest BCUT2D eigenvalue weighted by atomic mass is 10.2. The van der Waals surface area contributed by atoms with Crippen LogP contribution in [0.1, 0.15) is 12.0 Å². The summed E-state index contributed by atoms with van der Waals surface area (Å²) in [5.41, 5.74) is 0.404. The highest BCUT2D eigenvalue weighted by atomic mass is 19.3. The molecule has 1 aromatic carbocycles. The third-order valence-electron chi connectivity index (χ3n) is 1.72. The lowest BCUT2D eigenvalue weighted by Gasteiger charge is -2.05. The molecule has 1 aromatic rings. The Morgan fingerprint density at radius 2 is 2.00 bits per heavy atom. The van der Waals surface area contributed by atoms with E-state index in [1.165, 1.54) is 31.4 Å². The molecule has 15 heavy (non-hydrogen) atoms. The van der Waals surface area contributed by atoms with Crippen LogP contribution in [0.4, 0.5) is 14.5 Å². The molecule has 0 atom stereocenters. The zero-order valence-electron chi connectivity index (χ0n) is 8.17. The van der Waals surface area contributed by atoms with Crippen LogP contribution < -0.4 is 5.32 Å². The van der Waals surface area contributed by atoms with Crippen LogP contribution in [0.25, 0.3) is 0 Å². The van der Waals surface area contributed by atoms with Gasteiger partial charge in [0, 0.05) is 18.4 Å². The van der Waals surface area contributed by atoms with Crippen LogP contribution in [0.3, 0.4) is 0 Å².